The molecule has 0 radical (unpaired) electrons. The number of halogens is 1. The van der Waals surface area contributed by atoms with E-state index in [0.717, 1.165) is 15.6 Å². The van der Waals surface area contributed by atoms with Crippen LogP contribution in [0.5, 0.6) is 0 Å². The van der Waals surface area contributed by atoms with Crippen molar-refractivity contribution >= 4 is 21.8 Å². The molecule has 0 aromatic heterocycles. The SMILES string of the molecule is Cc1cc(Br)cc(C(=O)N2CCO[C@@H](C)C2)c1. The maximum atomic E-state index is 12.3. The van der Waals surface area contributed by atoms with Crippen molar-refractivity contribution in [3.05, 3.63) is 33.8 Å². The first kappa shape index (κ1) is 12.6. The summed E-state index contributed by atoms with van der Waals surface area (Å²) in [4.78, 5) is 14.2. The van der Waals surface area contributed by atoms with E-state index in [2.05, 4.69) is 15.9 Å². The minimum Gasteiger partial charge on any atom is -0.375 e. The third kappa shape index (κ3) is 3.07. The van der Waals surface area contributed by atoms with Crippen LogP contribution in [0, 0.1) is 6.92 Å². The topological polar surface area (TPSA) is 29.5 Å². The van der Waals surface area contributed by atoms with E-state index in [4.69, 9.17) is 4.74 Å². The van der Waals surface area contributed by atoms with Crippen molar-refractivity contribution in [2.45, 2.75) is 20.0 Å². The summed E-state index contributed by atoms with van der Waals surface area (Å²) in [7, 11) is 0. The molecule has 0 spiro atoms. The van der Waals surface area contributed by atoms with Crippen molar-refractivity contribution in [1.29, 1.82) is 0 Å². The Morgan fingerprint density at radius 2 is 2.24 bits per heavy atom. The van der Waals surface area contributed by atoms with Crippen LogP contribution in [0.25, 0.3) is 0 Å². The maximum Gasteiger partial charge on any atom is 0.254 e. The first-order chi connectivity index (χ1) is 8.06. The van der Waals surface area contributed by atoms with Crippen LogP contribution in [0.3, 0.4) is 0 Å². The number of amides is 1. The first-order valence-corrected chi connectivity index (χ1v) is 6.53. The lowest BCUT2D eigenvalue weighted by molar-refractivity contribution is -0.0124. The van der Waals surface area contributed by atoms with Gasteiger partial charge in [-0.05, 0) is 37.6 Å². The number of rotatable bonds is 1. The molecule has 1 saturated heterocycles. The molecule has 1 fully saturated rings. The molecular formula is C13H16BrNO2. The van der Waals surface area contributed by atoms with E-state index in [-0.39, 0.29) is 12.0 Å². The van der Waals surface area contributed by atoms with Gasteiger partial charge in [0.1, 0.15) is 0 Å². The normalized spacial score (nSPS) is 20.4. The number of hydrogen-bond acceptors (Lipinski definition) is 2. The molecule has 2 rings (SSSR count). The summed E-state index contributed by atoms with van der Waals surface area (Å²) in [5.74, 6) is 0.0875. The van der Waals surface area contributed by atoms with E-state index in [1.165, 1.54) is 0 Å². The molecule has 0 saturated carbocycles. The molecule has 0 bridgehead atoms. The summed E-state index contributed by atoms with van der Waals surface area (Å²) in [6.07, 6.45) is 0.126. The smallest absolute Gasteiger partial charge is 0.254 e. The number of aryl methyl sites for hydroxylation is 1. The maximum absolute atomic E-state index is 12.3. The van der Waals surface area contributed by atoms with Gasteiger partial charge < -0.3 is 9.64 Å². The summed E-state index contributed by atoms with van der Waals surface area (Å²) in [5.41, 5.74) is 1.83. The predicted molar refractivity (Wildman–Crippen MR) is 70.2 cm³/mol. The van der Waals surface area contributed by atoms with Gasteiger partial charge in [0.15, 0.2) is 0 Å². The van der Waals surface area contributed by atoms with Gasteiger partial charge in [-0.15, -0.1) is 0 Å². The molecule has 4 heteroatoms. The van der Waals surface area contributed by atoms with Gasteiger partial charge in [-0.25, -0.2) is 0 Å². The van der Waals surface area contributed by atoms with Crippen LogP contribution in [-0.2, 0) is 4.74 Å². The second-order valence-electron chi connectivity index (χ2n) is 4.45. The van der Waals surface area contributed by atoms with E-state index in [1.807, 2.05) is 36.9 Å². The zero-order valence-corrected chi connectivity index (χ0v) is 11.7. The minimum absolute atomic E-state index is 0.0875. The molecule has 1 aromatic carbocycles. The number of carbonyl (C=O) groups is 1. The average molecular weight is 298 g/mol. The van der Waals surface area contributed by atoms with Gasteiger partial charge >= 0.3 is 0 Å². The number of morpholine rings is 1. The Bertz CT molecular complexity index is 413. The molecule has 1 aliphatic rings. The van der Waals surface area contributed by atoms with Crippen LogP contribution in [0.4, 0.5) is 0 Å². The molecular weight excluding hydrogens is 282 g/mol. The van der Waals surface area contributed by atoms with Gasteiger partial charge in [0.2, 0.25) is 0 Å². The fraction of sp³-hybridized carbons (Fsp3) is 0.462. The molecule has 17 heavy (non-hydrogen) atoms. The quantitative estimate of drug-likeness (QED) is 0.797. The van der Waals surface area contributed by atoms with E-state index in [0.29, 0.717) is 19.7 Å². The fourth-order valence-corrected chi connectivity index (χ4v) is 2.65. The van der Waals surface area contributed by atoms with Gasteiger partial charge in [0, 0.05) is 23.1 Å². The molecule has 1 heterocycles. The van der Waals surface area contributed by atoms with Crippen molar-refractivity contribution in [2.24, 2.45) is 0 Å². The van der Waals surface area contributed by atoms with Crippen LogP contribution < -0.4 is 0 Å². The van der Waals surface area contributed by atoms with Crippen molar-refractivity contribution < 1.29 is 9.53 Å². The molecule has 92 valence electrons. The van der Waals surface area contributed by atoms with Gasteiger partial charge in [0.05, 0.1) is 12.7 Å². The second-order valence-corrected chi connectivity index (χ2v) is 5.37. The second kappa shape index (κ2) is 5.19. The Morgan fingerprint density at radius 3 is 2.88 bits per heavy atom. The Labute approximate surface area is 110 Å². The molecule has 0 aliphatic carbocycles. The van der Waals surface area contributed by atoms with Crippen LogP contribution in [0.2, 0.25) is 0 Å². The Morgan fingerprint density at radius 1 is 1.47 bits per heavy atom. The lowest BCUT2D eigenvalue weighted by Gasteiger charge is -2.31. The first-order valence-electron chi connectivity index (χ1n) is 5.74. The standard InChI is InChI=1S/C13H16BrNO2/c1-9-5-11(7-12(14)6-9)13(16)15-3-4-17-10(2)8-15/h5-7,10H,3-4,8H2,1-2H3/t10-/m0/s1. The van der Waals surface area contributed by atoms with Crippen molar-refractivity contribution in [1.82, 2.24) is 4.90 Å². The molecule has 1 atom stereocenters. The molecule has 1 aliphatic heterocycles. The Hall–Kier alpha value is -0.870. The Balaban J connectivity index is 2.18. The highest BCUT2D eigenvalue weighted by molar-refractivity contribution is 9.10. The van der Waals surface area contributed by atoms with E-state index in [9.17, 15) is 4.79 Å². The van der Waals surface area contributed by atoms with Crippen molar-refractivity contribution in [2.75, 3.05) is 19.7 Å². The summed E-state index contributed by atoms with van der Waals surface area (Å²) >= 11 is 3.42. The lowest BCUT2D eigenvalue weighted by atomic mass is 10.1. The highest BCUT2D eigenvalue weighted by Crippen LogP contribution is 2.18. The van der Waals surface area contributed by atoms with E-state index in [1.54, 1.807) is 0 Å². The zero-order valence-electron chi connectivity index (χ0n) is 10.1. The van der Waals surface area contributed by atoms with Crippen LogP contribution in [0.15, 0.2) is 22.7 Å². The van der Waals surface area contributed by atoms with Gasteiger partial charge in [-0.2, -0.15) is 0 Å². The van der Waals surface area contributed by atoms with Crippen molar-refractivity contribution in [3.63, 3.8) is 0 Å². The van der Waals surface area contributed by atoms with Crippen LogP contribution in [-0.4, -0.2) is 36.6 Å². The number of nitrogens with zero attached hydrogens (tertiary/aromatic N) is 1. The summed E-state index contributed by atoms with van der Waals surface area (Å²) in [6.45, 7) is 5.95. The predicted octanol–water partition coefficient (Wildman–Crippen LogP) is 2.62. The third-order valence-corrected chi connectivity index (χ3v) is 3.28. The summed E-state index contributed by atoms with van der Waals surface area (Å²) in [5, 5.41) is 0. The van der Waals surface area contributed by atoms with E-state index < -0.39 is 0 Å². The monoisotopic (exact) mass is 297 g/mol. The number of carbonyl (C=O) groups excluding carboxylic acids is 1. The number of benzene rings is 1. The van der Waals surface area contributed by atoms with Crippen LogP contribution >= 0.6 is 15.9 Å². The van der Waals surface area contributed by atoms with Gasteiger partial charge in [-0.1, -0.05) is 15.9 Å². The third-order valence-electron chi connectivity index (χ3n) is 2.82. The van der Waals surface area contributed by atoms with Crippen LogP contribution in [0.1, 0.15) is 22.8 Å². The largest absolute Gasteiger partial charge is 0.375 e. The number of hydrogen-bond donors (Lipinski definition) is 0. The van der Waals surface area contributed by atoms with Gasteiger partial charge in [-0.3, -0.25) is 4.79 Å². The van der Waals surface area contributed by atoms with E-state index >= 15 is 0 Å². The highest BCUT2D eigenvalue weighted by atomic mass is 79.9. The highest BCUT2D eigenvalue weighted by Gasteiger charge is 2.22. The molecule has 1 amide bonds. The lowest BCUT2D eigenvalue weighted by Crippen LogP contribution is -2.44. The summed E-state index contributed by atoms with van der Waals surface area (Å²) in [6, 6.07) is 5.79. The Kier molecular flexibility index (Phi) is 3.84. The average Bonchev–Trinajstić information content (AvgIpc) is 2.26. The van der Waals surface area contributed by atoms with Crippen molar-refractivity contribution in [3.8, 4) is 0 Å². The number of ether oxygens (including phenoxy) is 1. The molecule has 0 unspecified atom stereocenters. The molecule has 0 N–H and O–H groups in total. The minimum atomic E-state index is 0.0875. The zero-order chi connectivity index (χ0) is 12.4. The summed E-state index contributed by atoms with van der Waals surface area (Å²) < 4.78 is 6.38. The fourth-order valence-electron chi connectivity index (χ4n) is 2.05. The van der Waals surface area contributed by atoms with Gasteiger partial charge in [0.25, 0.3) is 5.91 Å². The molecule has 1 aromatic rings. The molecule has 3 nitrogen and oxygen atoms in total.